The number of hydrogen-bond donors (Lipinski definition) is 3. The Balaban J connectivity index is 0.000000406. The number of aromatic nitrogens is 2. The molecule has 3 heterocycles. The highest BCUT2D eigenvalue weighted by Crippen LogP contribution is 2.27. The number of nitrogens with zero attached hydrogens (tertiary/aromatic N) is 4. The van der Waals surface area contributed by atoms with Crippen LogP contribution in [-0.4, -0.2) is 52.3 Å². The number of nitrogens with two attached hydrogens (primary N) is 1. The number of halogens is 3. The van der Waals surface area contributed by atoms with Crippen LogP contribution in [0, 0.1) is 11.3 Å². The molecule has 4 rings (SSSR count). The van der Waals surface area contributed by atoms with Gasteiger partial charge in [-0.05, 0) is 25.0 Å². The smallest absolute Gasteiger partial charge is 0.475 e. The van der Waals surface area contributed by atoms with Crippen molar-refractivity contribution in [3.63, 3.8) is 0 Å². The summed E-state index contributed by atoms with van der Waals surface area (Å²) in [6.07, 6.45) is -1.32. The van der Waals surface area contributed by atoms with Gasteiger partial charge in [0, 0.05) is 24.5 Å². The number of alkyl halides is 3. The molecule has 34 heavy (non-hydrogen) atoms. The molecule has 0 radical (unpaired) electrons. The molecule has 0 saturated carbocycles. The second kappa shape index (κ2) is 10.4. The van der Waals surface area contributed by atoms with E-state index in [1.54, 1.807) is 35.8 Å². The van der Waals surface area contributed by atoms with Gasteiger partial charge in [-0.2, -0.15) is 18.4 Å². The molecule has 1 aliphatic heterocycles. The number of carbonyl (C=O) groups is 2. The quantitative estimate of drug-likeness (QED) is 0.505. The van der Waals surface area contributed by atoms with Gasteiger partial charge in [-0.1, -0.05) is 12.1 Å². The van der Waals surface area contributed by atoms with Crippen molar-refractivity contribution in [1.29, 1.82) is 5.26 Å². The molecule has 2 aromatic heterocycles. The third-order valence-corrected chi connectivity index (χ3v) is 5.71. The van der Waals surface area contributed by atoms with Crippen molar-refractivity contribution in [1.82, 2.24) is 9.97 Å². The number of piperidine rings is 1. The lowest BCUT2D eigenvalue weighted by molar-refractivity contribution is -0.192. The van der Waals surface area contributed by atoms with Crippen LogP contribution in [0.5, 0.6) is 0 Å². The Labute approximate surface area is 195 Å². The molecule has 0 spiro atoms. The number of aliphatic carboxylic acids is 1. The molecule has 178 valence electrons. The molecule has 13 heteroatoms. The number of hydrogen-bond acceptors (Lipinski definition) is 8. The van der Waals surface area contributed by atoms with Gasteiger partial charge in [0.25, 0.3) is 5.91 Å². The lowest BCUT2D eigenvalue weighted by Gasteiger charge is -2.31. The molecule has 1 aliphatic rings. The Kier molecular flexibility index (Phi) is 7.64. The van der Waals surface area contributed by atoms with E-state index in [-0.39, 0.29) is 11.9 Å². The number of benzene rings is 1. The summed E-state index contributed by atoms with van der Waals surface area (Å²) in [5.41, 5.74) is 8.00. The number of carboxylic acids is 1. The minimum atomic E-state index is -5.08. The van der Waals surface area contributed by atoms with Crippen molar-refractivity contribution < 1.29 is 27.9 Å². The van der Waals surface area contributed by atoms with Gasteiger partial charge in [0.05, 0.1) is 23.0 Å². The number of thiophene rings is 1. The SMILES string of the molecule is N#Cc1ccccc1NC(=O)c1csc2ncc(N3CCC[C@@H](N)C3)nc12.O=C(O)C(F)(F)F. The van der Waals surface area contributed by atoms with Crippen LogP contribution in [0.3, 0.4) is 0 Å². The van der Waals surface area contributed by atoms with Crippen LogP contribution in [0.2, 0.25) is 0 Å². The summed E-state index contributed by atoms with van der Waals surface area (Å²) < 4.78 is 31.7. The van der Waals surface area contributed by atoms with E-state index in [9.17, 15) is 23.2 Å². The van der Waals surface area contributed by atoms with Crippen molar-refractivity contribution in [2.45, 2.75) is 25.1 Å². The molecule has 0 bridgehead atoms. The first kappa shape index (κ1) is 24.9. The van der Waals surface area contributed by atoms with Gasteiger partial charge in [-0.15, -0.1) is 11.3 Å². The van der Waals surface area contributed by atoms with Crippen LogP contribution < -0.4 is 16.0 Å². The number of amides is 1. The molecule has 0 aliphatic carbocycles. The van der Waals surface area contributed by atoms with E-state index in [2.05, 4.69) is 21.3 Å². The predicted molar refractivity (Wildman–Crippen MR) is 120 cm³/mol. The fourth-order valence-corrected chi connectivity index (χ4v) is 4.04. The number of para-hydroxylation sites is 1. The van der Waals surface area contributed by atoms with Gasteiger partial charge >= 0.3 is 12.1 Å². The summed E-state index contributed by atoms with van der Waals surface area (Å²) in [6, 6.07) is 9.12. The number of rotatable bonds is 3. The second-order valence-corrected chi connectivity index (χ2v) is 8.15. The van der Waals surface area contributed by atoms with Crippen LogP contribution in [0.15, 0.2) is 35.8 Å². The highest BCUT2D eigenvalue weighted by molar-refractivity contribution is 7.17. The third kappa shape index (κ3) is 5.97. The minimum Gasteiger partial charge on any atom is -0.475 e. The summed E-state index contributed by atoms with van der Waals surface area (Å²) in [5, 5.41) is 20.9. The molecule has 1 aromatic carbocycles. The summed E-state index contributed by atoms with van der Waals surface area (Å²) in [5.74, 6) is -2.32. The average molecular weight is 492 g/mol. The van der Waals surface area contributed by atoms with Gasteiger partial charge in [0.1, 0.15) is 22.2 Å². The van der Waals surface area contributed by atoms with E-state index in [4.69, 9.17) is 20.6 Å². The first-order valence-electron chi connectivity index (χ1n) is 9.95. The number of carbonyl (C=O) groups excluding carboxylic acids is 1. The topological polar surface area (TPSA) is 145 Å². The normalized spacial score (nSPS) is 15.7. The monoisotopic (exact) mass is 492 g/mol. The molecule has 1 saturated heterocycles. The molecule has 9 nitrogen and oxygen atoms in total. The maximum atomic E-state index is 12.8. The van der Waals surface area contributed by atoms with Gasteiger partial charge < -0.3 is 21.1 Å². The van der Waals surface area contributed by atoms with Crippen molar-refractivity contribution in [3.05, 3.63) is 47.0 Å². The highest BCUT2D eigenvalue weighted by atomic mass is 32.1. The number of nitrogens with one attached hydrogen (secondary N) is 1. The fraction of sp³-hybridized carbons (Fsp3) is 0.286. The van der Waals surface area contributed by atoms with Crippen LogP contribution in [0.25, 0.3) is 10.3 Å². The second-order valence-electron chi connectivity index (χ2n) is 7.29. The summed E-state index contributed by atoms with van der Waals surface area (Å²) in [4.78, 5) is 33.7. The predicted octanol–water partition coefficient (Wildman–Crippen LogP) is 3.38. The van der Waals surface area contributed by atoms with Gasteiger partial charge in [0.15, 0.2) is 0 Å². The van der Waals surface area contributed by atoms with Crippen LogP contribution in [0.1, 0.15) is 28.8 Å². The van der Waals surface area contributed by atoms with Gasteiger partial charge in [-0.3, -0.25) is 4.79 Å². The number of carboxylic acid groups (broad SMARTS) is 1. The lowest BCUT2D eigenvalue weighted by atomic mass is 10.1. The Hall–Kier alpha value is -3.76. The molecule has 0 unspecified atom stereocenters. The molecule has 4 N–H and O–H groups in total. The van der Waals surface area contributed by atoms with Crippen molar-refractivity contribution in [2.24, 2.45) is 5.73 Å². The summed E-state index contributed by atoms with van der Waals surface area (Å²) in [6.45, 7) is 1.62. The van der Waals surface area contributed by atoms with Crippen LogP contribution >= 0.6 is 11.3 Å². The Bertz CT molecular complexity index is 1240. The standard InChI is InChI=1S/C19H18N6OS.C2HF3O2/c20-8-12-4-1-2-6-15(12)23-18(26)14-11-27-19-17(14)24-16(9-22-19)25-7-3-5-13(21)10-25;3-2(4,5)1(6)7/h1-2,4,6,9,11,13H,3,5,7,10,21H2,(H,23,26);(H,6,7)/t13-;/m1./s1. The van der Waals surface area contributed by atoms with Crippen LogP contribution in [-0.2, 0) is 4.79 Å². The summed E-state index contributed by atoms with van der Waals surface area (Å²) in [7, 11) is 0. The largest absolute Gasteiger partial charge is 0.490 e. The van der Waals surface area contributed by atoms with E-state index in [1.165, 1.54) is 11.3 Å². The molecular weight excluding hydrogens is 473 g/mol. The first-order valence-corrected chi connectivity index (χ1v) is 10.8. The Morgan fingerprint density at radius 3 is 2.68 bits per heavy atom. The fourth-order valence-electron chi connectivity index (χ4n) is 3.21. The lowest BCUT2D eigenvalue weighted by Crippen LogP contribution is -2.43. The van der Waals surface area contributed by atoms with E-state index in [0.717, 1.165) is 31.7 Å². The molecule has 1 atom stereocenters. The van der Waals surface area contributed by atoms with E-state index < -0.39 is 12.1 Å². The van der Waals surface area contributed by atoms with Gasteiger partial charge in [-0.25, -0.2) is 14.8 Å². The maximum Gasteiger partial charge on any atom is 0.490 e. The number of fused-ring (bicyclic) bond motifs is 1. The van der Waals surface area contributed by atoms with E-state index in [1.807, 2.05) is 0 Å². The minimum absolute atomic E-state index is 0.129. The maximum absolute atomic E-state index is 12.8. The average Bonchev–Trinajstić information content (AvgIpc) is 3.22. The third-order valence-electron chi connectivity index (χ3n) is 4.83. The van der Waals surface area contributed by atoms with Crippen molar-refractivity contribution in [3.8, 4) is 6.07 Å². The van der Waals surface area contributed by atoms with E-state index in [0.29, 0.717) is 27.2 Å². The molecule has 1 amide bonds. The Morgan fingerprint density at radius 1 is 1.32 bits per heavy atom. The van der Waals surface area contributed by atoms with Crippen LogP contribution in [0.4, 0.5) is 24.7 Å². The Morgan fingerprint density at radius 2 is 2.03 bits per heavy atom. The van der Waals surface area contributed by atoms with E-state index >= 15 is 0 Å². The zero-order valence-corrected chi connectivity index (χ0v) is 18.4. The molecule has 1 fully saturated rings. The number of nitriles is 1. The highest BCUT2D eigenvalue weighted by Gasteiger charge is 2.38. The van der Waals surface area contributed by atoms with Crippen molar-refractivity contribution in [2.75, 3.05) is 23.3 Å². The van der Waals surface area contributed by atoms with Gasteiger partial charge in [0.2, 0.25) is 0 Å². The van der Waals surface area contributed by atoms with Crippen molar-refractivity contribution >= 4 is 45.1 Å². The summed E-state index contributed by atoms with van der Waals surface area (Å²) >= 11 is 1.38. The first-order chi connectivity index (χ1) is 16.1. The molecular formula is C21H19F3N6O3S. The molecule has 3 aromatic rings. The zero-order valence-electron chi connectivity index (χ0n) is 17.5. The zero-order chi connectivity index (χ0) is 24.9. The number of anilines is 2.